The average molecular weight is 427 g/mol. The van der Waals surface area contributed by atoms with E-state index in [1.807, 2.05) is 4.90 Å². The lowest BCUT2D eigenvalue weighted by atomic mass is 9.95. The van der Waals surface area contributed by atoms with E-state index in [9.17, 15) is 19.7 Å². The normalized spacial score (nSPS) is 13.9. The fraction of sp³-hybridized carbons (Fsp3) is 0.333. The summed E-state index contributed by atoms with van der Waals surface area (Å²) in [6.45, 7) is 1.05. The number of hydrazine groups is 1. The summed E-state index contributed by atoms with van der Waals surface area (Å²) in [7, 11) is 1.58. The van der Waals surface area contributed by atoms with Crippen LogP contribution in [0, 0.1) is 16.0 Å². The summed E-state index contributed by atoms with van der Waals surface area (Å²) in [6, 6.07) is 13.7. The summed E-state index contributed by atoms with van der Waals surface area (Å²) in [4.78, 5) is 37.1. The largest absolute Gasteiger partial charge is 0.497 e. The summed E-state index contributed by atoms with van der Waals surface area (Å²) < 4.78 is 5.08. The van der Waals surface area contributed by atoms with Crippen LogP contribution in [0.15, 0.2) is 48.5 Å². The molecule has 1 fully saturated rings. The summed E-state index contributed by atoms with van der Waals surface area (Å²) >= 11 is 0. The highest BCUT2D eigenvalue weighted by molar-refractivity contribution is 5.85. The minimum atomic E-state index is -0.399. The van der Waals surface area contributed by atoms with E-state index < -0.39 is 4.92 Å². The maximum atomic E-state index is 12.4. The number of carbonyl (C=O) groups is 2. The van der Waals surface area contributed by atoms with Crippen molar-refractivity contribution >= 4 is 28.9 Å². The van der Waals surface area contributed by atoms with Crippen molar-refractivity contribution in [1.82, 2.24) is 10.9 Å². The van der Waals surface area contributed by atoms with Gasteiger partial charge in [-0.1, -0.05) is 12.1 Å². The Bertz CT molecular complexity index is 926. The van der Waals surface area contributed by atoms with Crippen LogP contribution >= 0.6 is 0 Å². The molecule has 2 amide bonds. The SMILES string of the molecule is COc1ccc(NCC(=O)NNC(=O)C2CCN(c3ccccc3[N+](=O)[O-])CC2)cc1. The predicted molar refractivity (Wildman–Crippen MR) is 116 cm³/mol. The molecule has 0 aromatic heterocycles. The molecule has 0 saturated carbocycles. The van der Waals surface area contributed by atoms with Crippen LogP contribution in [0.4, 0.5) is 17.1 Å². The molecule has 2 aromatic rings. The molecule has 3 rings (SSSR count). The standard InChI is InChI=1S/C21H25N5O5/c1-31-17-8-6-16(7-9-17)22-14-20(27)23-24-21(28)15-10-12-25(13-11-15)18-4-2-3-5-19(18)26(29)30/h2-9,15,22H,10-14H2,1H3,(H,23,27)(H,24,28). The molecule has 0 unspecified atom stereocenters. The van der Waals surface area contributed by atoms with Crippen LogP contribution in [0.25, 0.3) is 0 Å². The zero-order valence-corrected chi connectivity index (χ0v) is 17.2. The van der Waals surface area contributed by atoms with Crippen molar-refractivity contribution in [1.29, 1.82) is 0 Å². The van der Waals surface area contributed by atoms with Crippen molar-refractivity contribution in [2.24, 2.45) is 5.92 Å². The maximum absolute atomic E-state index is 12.4. The monoisotopic (exact) mass is 427 g/mol. The molecule has 0 spiro atoms. The third kappa shape index (κ3) is 5.84. The number of hydrogen-bond acceptors (Lipinski definition) is 7. The van der Waals surface area contributed by atoms with Gasteiger partial charge in [0, 0.05) is 30.8 Å². The van der Waals surface area contributed by atoms with Crippen LogP contribution in [0.3, 0.4) is 0 Å². The number of anilines is 2. The van der Waals surface area contributed by atoms with Crippen LogP contribution in [0.5, 0.6) is 5.75 Å². The number of nitrogens with one attached hydrogen (secondary N) is 3. The number of amides is 2. The first-order chi connectivity index (χ1) is 15.0. The van der Waals surface area contributed by atoms with Gasteiger partial charge in [0.05, 0.1) is 18.6 Å². The summed E-state index contributed by atoms with van der Waals surface area (Å²) in [5.41, 5.74) is 6.25. The second-order valence-corrected chi connectivity index (χ2v) is 7.13. The van der Waals surface area contributed by atoms with E-state index in [0.29, 0.717) is 31.6 Å². The molecule has 10 nitrogen and oxygen atoms in total. The van der Waals surface area contributed by atoms with Crippen LogP contribution in [-0.4, -0.2) is 43.5 Å². The topological polar surface area (TPSA) is 126 Å². The van der Waals surface area contributed by atoms with Gasteiger partial charge in [-0.25, -0.2) is 0 Å². The van der Waals surface area contributed by atoms with Crippen molar-refractivity contribution in [3.8, 4) is 5.75 Å². The van der Waals surface area contributed by atoms with Crippen molar-refractivity contribution in [2.45, 2.75) is 12.8 Å². The molecule has 2 aromatic carbocycles. The highest BCUT2D eigenvalue weighted by Gasteiger charge is 2.28. The van der Waals surface area contributed by atoms with E-state index in [-0.39, 0.29) is 30.0 Å². The van der Waals surface area contributed by atoms with Crippen molar-refractivity contribution in [3.63, 3.8) is 0 Å². The first-order valence-corrected chi connectivity index (χ1v) is 9.93. The molecule has 0 radical (unpaired) electrons. The Kier molecular flexibility index (Phi) is 7.26. The van der Waals surface area contributed by atoms with Gasteiger partial charge in [-0.05, 0) is 43.2 Å². The summed E-state index contributed by atoms with van der Waals surface area (Å²) in [5.74, 6) is -0.189. The molecule has 3 N–H and O–H groups in total. The van der Waals surface area contributed by atoms with Crippen molar-refractivity contribution in [2.75, 3.05) is 37.0 Å². The van der Waals surface area contributed by atoms with Gasteiger partial charge in [0.25, 0.3) is 11.6 Å². The Labute approximate surface area is 179 Å². The van der Waals surface area contributed by atoms with Gasteiger partial charge >= 0.3 is 0 Å². The zero-order chi connectivity index (χ0) is 22.2. The van der Waals surface area contributed by atoms with Crippen LogP contribution in [0.1, 0.15) is 12.8 Å². The second kappa shape index (κ2) is 10.3. The Balaban J connectivity index is 1.41. The number of methoxy groups -OCH3 is 1. The molecule has 0 aliphatic carbocycles. The Morgan fingerprint density at radius 1 is 1.10 bits per heavy atom. The smallest absolute Gasteiger partial charge is 0.292 e. The first kappa shape index (κ1) is 21.9. The molecule has 31 heavy (non-hydrogen) atoms. The first-order valence-electron chi connectivity index (χ1n) is 9.93. The van der Waals surface area contributed by atoms with Gasteiger partial charge in [0.2, 0.25) is 5.91 Å². The van der Waals surface area contributed by atoms with E-state index >= 15 is 0 Å². The summed E-state index contributed by atoms with van der Waals surface area (Å²) in [6.07, 6.45) is 1.08. The quantitative estimate of drug-likeness (QED) is 0.456. The second-order valence-electron chi connectivity index (χ2n) is 7.13. The number of hydrogen-bond donors (Lipinski definition) is 3. The molecule has 1 heterocycles. The molecule has 10 heteroatoms. The highest BCUT2D eigenvalue weighted by Crippen LogP contribution is 2.31. The number of nitro groups is 1. The molecular formula is C21H25N5O5. The van der Waals surface area contributed by atoms with E-state index in [1.165, 1.54) is 6.07 Å². The van der Waals surface area contributed by atoms with Crippen molar-refractivity contribution in [3.05, 3.63) is 58.6 Å². The van der Waals surface area contributed by atoms with E-state index in [0.717, 1.165) is 11.4 Å². The molecule has 0 atom stereocenters. The van der Waals surface area contributed by atoms with Gasteiger partial charge in [0.1, 0.15) is 11.4 Å². The highest BCUT2D eigenvalue weighted by atomic mass is 16.6. The molecule has 1 saturated heterocycles. The van der Waals surface area contributed by atoms with Gasteiger partial charge in [-0.3, -0.25) is 30.6 Å². The van der Waals surface area contributed by atoms with Crippen LogP contribution in [-0.2, 0) is 9.59 Å². The van der Waals surface area contributed by atoms with Gasteiger partial charge in [-0.2, -0.15) is 0 Å². The maximum Gasteiger partial charge on any atom is 0.292 e. The van der Waals surface area contributed by atoms with Gasteiger partial charge < -0.3 is 15.0 Å². The number of carbonyl (C=O) groups excluding carboxylic acids is 2. The average Bonchev–Trinajstić information content (AvgIpc) is 2.81. The third-order valence-corrected chi connectivity index (χ3v) is 5.15. The fourth-order valence-electron chi connectivity index (χ4n) is 3.44. The van der Waals surface area contributed by atoms with Crippen molar-refractivity contribution < 1.29 is 19.2 Å². The van der Waals surface area contributed by atoms with Gasteiger partial charge in [0.15, 0.2) is 0 Å². The number of nitro benzene ring substituents is 1. The molecule has 164 valence electrons. The minimum Gasteiger partial charge on any atom is -0.497 e. The molecule has 1 aliphatic heterocycles. The van der Waals surface area contributed by atoms with E-state index in [2.05, 4.69) is 16.2 Å². The van der Waals surface area contributed by atoms with Crippen LogP contribution in [0.2, 0.25) is 0 Å². The number of para-hydroxylation sites is 2. The number of ether oxygens (including phenoxy) is 1. The Morgan fingerprint density at radius 3 is 2.42 bits per heavy atom. The summed E-state index contributed by atoms with van der Waals surface area (Å²) in [5, 5.41) is 14.2. The Morgan fingerprint density at radius 2 is 1.77 bits per heavy atom. The minimum absolute atomic E-state index is 0.00271. The van der Waals surface area contributed by atoms with E-state index in [1.54, 1.807) is 49.6 Å². The number of rotatable bonds is 7. The fourth-order valence-corrected chi connectivity index (χ4v) is 3.44. The number of benzene rings is 2. The third-order valence-electron chi connectivity index (χ3n) is 5.15. The lowest BCUT2D eigenvalue weighted by Crippen LogP contribution is -2.48. The predicted octanol–water partition coefficient (Wildman–Crippen LogP) is 2.08. The van der Waals surface area contributed by atoms with E-state index in [4.69, 9.17) is 4.74 Å². The lowest BCUT2D eigenvalue weighted by molar-refractivity contribution is -0.384. The lowest BCUT2D eigenvalue weighted by Gasteiger charge is -2.32. The van der Waals surface area contributed by atoms with Gasteiger partial charge in [-0.15, -0.1) is 0 Å². The Hall–Kier alpha value is -3.82. The zero-order valence-electron chi connectivity index (χ0n) is 17.2. The number of nitrogens with zero attached hydrogens (tertiary/aromatic N) is 2. The van der Waals surface area contributed by atoms with Crippen LogP contribution < -0.4 is 25.8 Å². The molecular weight excluding hydrogens is 402 g/mol. The molecule has 1 aliphatic rings. The number of piperidine rings is 1. The molecule has 0 bridgehead atoms.